The van der Waals surface area contributed by atoms with E-state index in [9.17, 15) is 18.0 Å². The quantitative estimate of drug-likeness (QED) is 0.394. The molecule has 3 rings (SSSR count). The SMILES string of the molecule is C/C(=N/NC(=O)CN(c1ccccc1)S(C)(=O)=O)c1ccc(NC(=O)c2ccccc2)cc1. The molecule has 0 spiro atoms. The van der Waals surface area contributed by atoms with E-state index in [1.54, 1.807) is 85.8 Å². The fraction of sp³-hybridized carbons (Fsp3) is 0.125. The Bertz CT molecular complexity index is 1240. The van der Waals surface area contributed by atoms with E-state index in [2.05, 4.69) is 15.8 Å². The zero-order valence-electron chi connectivity index (χ0n) is 18.2. The lowest BCUT2D eigenvalue weighted by Gasteiger charge is -2.21. The summed E-state index contributed by atoms with van der Waals surface area (Å²) in [6.07, 6.45) is 1.04. The second kappa shape index (κ2) is 10.6. The number of para-hydroxylation sites is 1. The Labute approximate surface area is 193 Å². The molecule has 0 atom stereocenters. The largest absolute Gasteiger partial charge is 0.322 e. The van der Waals surface area contributed by atoms with Crippen LogP contribution in [0.15, 0.2) is 90.0 Å². The maximum absolute atomic E-state index is 12.3. The van der Waals surface area contributed by atoms with Crippen LogP contribution in [0.2, 0.25) is 0 Å². The minimum atomic E-state index is -3.65. The summed E-state index contributed by atoms with van der Waals surface area (Å²) in [5.41, 5.74) is 5.22. The lowest BCUT2D eigenvalue weighted by Crippen LogP contribution is -2.39. The van der Waals surface area contributed by atoms with Crippen molar-refractivity contribution in [2.45, 2.75) is 6.92 Å². The number of sulfonamides is 1. The van der Waals surface area contributed by atoms with Crippen molar-refractivity contribution in [3.63, 3.8) is 0 Å². The average molecular weight is 465 g/mol. The molecule has 0 radical (unpaired) electrons. The van der Waals surface area contributed by atoms with Gasteiger partial charge in [-0.1, -0.05) is 48.5 Å². The normalized spacial score (nSPS) is 11.5. The third-order valence-electron chi connectivity index (χ3n) is 4.68. The number of carbonyl (C=O) groups is 2. The third kappa shape index (κ3) is 6.75. The van der Waals surface area contributed by atoms with Crippen molar-refractivity contribution in [3.8, 4) is 0 Å². The Balaban J connectivity index is 1.62. The molecule has 3 aromatic rings. The van der Waals surface area contributed by atoms with Crippen molar-refractivity contribution in [2.75, 3.05) is 22.4 Å². The summed E-state index contributed by atoms with van der Waals surface area (Å²) in [6, 6.07) is 24.2. The zero-order chi connectivity index (χ0) is 23.8. The first-order chi connectivity index (χ1) is 15.7. The van der Waals surface area contributed by atoms with Gasteiger partial charge in [-0.25, -0.2) is 13.8 Å². The van der Waals surface area contributed by atoms with Gasteiger partial charge in [-0.05, 0) is 48.9 Å². The van der Waals surface area contributed by atoms with E-state index < -0.39 is 22.5 Å². The summed E-state index contributed by atoms with van der Waals surface area (Å²) in [6.45, 7) is 1.31. The van der Waals surface area contributed by atoms with Gasteiger partial charge < -0.3 is 5.32 Å². The molecule has 0 saturated heterocycles. The van der Waals surface area contributed by atoms with Crippen molar-refractivity contribution in [1.82, 2.24) is 5.43 Å². The molecule has 0 aliphatic rings. The smallest absolute Gasteiger partial charge is 0.260 e. The fourth-order valence-corrected chi connectivity index (χ4v) is 3.81. The first-order valence-electron chi connectivity index (χ1n) is 10.1. The second-order valence-corrected chi connectivity index (χ2v) is 9.14. The summed E-state index contributed by atoms with van der Waals surface area (Å²) in [4.78, 5) is 24.6. The molecule has 0 bridgehead atoms. The van der Waals surface area contributed by atoms with Crippen LogP contribution in [-0.4, -0.2) is 38.7 Å². The third-order valence-corrected chi connectivity index (χ3v) is 5.82. The monoisotopic (exact) mass is 464 g/mol. The lowest BCUT2D eigenvalue weighted by molar-refractivity contribution is -0.119. The van der Waals surface area contributed by atoms with Gasteiger partial charge in [0.1, 0.15) is 6.54 Å². The minimum absolute atomic E-state index is 0.213. The highest BCUT2D eigenvalue weighted by Crippen LogP contribution is 2.16. The Morgan fingerprint density at radius 1 is 0.848 bits per heavy atom. The number of nitrogens with one attached hydrogen (secondary N) is 2. The molecule has 0 fully saturated rings. The molecule has 0 unspecified atom stereocenters. The number of hydrogen-bond acceptors (Lipinski definition) is 5. The molecule has 2 amide bonds. The maximum Gasteiger partial charge on any atom is 0.260 e. The highest BCUT2D eigenvalue weighted by Gasteiger charge is 2.20. The standard InChI is InChI=1S/C24H24N4O4S/c1-18(19-13-15-21(16-14-19)25-24(30)20-9-5-3-6-10-20)26-27-23(29)17-28(33(2,31)32)22-11-7-4-8-12-22/h3-16H,17H2,1-2H3,(H,25,30)(H,27,29)/b26-18-. The van der Waals surface area contributed by atoms with E-state index >= 15 is 0 Å². The lowest BCUT2D eigenvalue weighted by atomic mass is 10.1. The van der Waals surface area contributed by atoms with Crippen LogP contribution in [-0.2, 0) is 14.8 Å². The van der Waals surface area contributed by atoms with Crippen molar-refractivity contribution >= 4 is 38.9 Å². The topological polar surface area (TPSA) is 108 Å². The fourth-order valence-electron chi connectivity index (χ4n) is 2.96. The summed E-state index contributed by atoms with van der Waals surface area (Å²) < 4.78 is 25.2. The summed E-state index contributed by atoms with van der Waals surface area (Å²) in [5, 5.41) is 6.88. The number of carbonyl (C=O) groups excluding carboxylic acids is 2. The molecule has 2 N–H and O–H groups in total. The van der Waals surface area contributed by atoms with E-state index in [1.807, 2.05) is 6.07 Å². The second-order valence-electron chi connectivity index (χ2n) is 7.23. The predicted octanol–water partition coefficient (Wildman–Crippen LogP) is 3.25. The first kappa shape index (κ1) is 23.7. The Kier molecular flexibility index (Phi) is 7.57. The van der Waals surface area contributed by atoms with Gasteiger partial charge in [0.25, 0.3) is 11.8 Å². The van der Waals surface area contributed by atoms with Gasteiger partial charge >= 0.3 is 0 Å². The van der Waals surface area contributed by atoms with E-state index in [-0.39, 0.29) is 5.91 Å². The maximum atomic E-state index is 12.3. The van der Waals surface area contributed by atoms with Gasteiger partial charge in [-0.3, -0.25) is 13.9 Å². The molecule has 0 aliphatic heterocycles. The molecule has 3 aromatic carbocycles. The van der Waals surface area contributed by atoms with Crippen molar-refractivity contribution in [3.05, 3.63) is 96.1 Å². The van der Waals surface area contributed by atoms with Crippen LogP contribution in [0.5, 0.6) is 0 Å². The van der Waals surface area contributed by atoms with Crippen LogP contribution in [0, 0.1) is 0 Å². The summed E-state index contributed by atoms with van der Waals surface area (Å²) in [5.74, 6) is -0.787. The van der Waals surface area contributed by atoms with Crippen LogP contribution in [0.1, 0.15) is 22.8 Å². The first-order valence-corrected chi connectivity index (χ1v) is 11.9. The average Bonchev–Trinajstić information content (AvgIpc) is 2.82. The Hall–Kier alpha value is -3.98. The number of amides is 2. The van der Waals surface area contributed by atoms with Gasteiger partial charge in [-0.2, -0.15) is 5.10 Å². The highest BCUT2D eigenvalue weighted by atomic mass is 32.2. The van der Waals surface area contributed by atoms with E-state index in [1.165, 1.54) is 0 Å². The van der Waals surface area contributed by atoms with E-state index in [4.69, 9.17) is 0 Å². The van der Waals surface area contributed by atoms with E-state index in [0.29, 0.717) is 22.6 Å². The van der Waals surface area contributed by atoms with Crippen LogP contribution in [0.25, 0.3) is 0 Å². The molecular weight excluding hydrogens is 440 g/mol. The van der Waals surface area contributed by atoms with Gasteiger partial charge in [0.05, 0.1) is 17.7 Å². The molecule has 0 saturated carbocycles. The van der Waals surface area contributed by atoms with Crippen molar-refractivity contribution < 1.29 is 18.0 Å². The molecule has 33 heavy (non-hydrogen) atoms. The summed E-state index contributed by atoms with van der Waals surface area (Å²) in [7, 11) is -3.65. The van der Waals surface area contributed by atoms with Gasteiger partial charge in [0.2, 0.25) is 10.0 Å². The van der Waals surface area contributed by atoms with Crippen LogP contribution < -0.4 is 15.0 Å². The number of hydrogen-bond donors (Lipinski definition) is 2. The predicted molar refractivity (Wildman–Crippen MR) is 130 cm³/mol. The van der Waals surface area contributed by atoms with E-state index in [0.717, 1.165) is 16.1 Å². The minimum Gasteiger partial charge on any atom is -0.322 e. The number of rotatable bonds is 8. The summed E-state index contributed by atoms with van der Waals surface area (Å²) >= 11 is 0. The number of benzene rings is 3. The van der Waals surface area contributed by atoms with Gasteiger partial charge in [0, 0.05) is 11.3 Å². The molecule has 9 heteroatoms. The number of anilines is 2. The van der Waals surface area contributed by atoms with Crippen molar-refractivity contribution in [1.29, 1.82) is 0 Å². The zero-order valence-corrected chi connectivity index (χ0v) is 19.0. The Morgan fingerprint density at radius 3 is 2.00 bits per heavy atom. The van der Waals surface area contributed by atoms with Crippen LogP contribution >= 0.6 is 0 Å². The molecular formula is C24H24N4O4S. The molecule has 170 valence electrons. The van der Waals surface area contributed by atoms with Crippen molar-refractivity contribution in [2.24, 2.45) is 5.10 Å². The molecule has 0 aromatic heterocycles. The number of hydrazone groups is 1. The molecule has 8 nitrogen and oxygen atoms in total. The van der Waals surface area contributed by atoms with Crippen LogP contribution in [0.4, 0.5) is 11.4 Å². The van der Waals surface area contributed by atoms with Crippen LogP contribution in [0.3, 0.4) is 0 Å². The Morgan fingerprint density at radius 2 is 1.42 bits per heavy atom. The van der Waals surface area contributed by atoms with Gasteiger partial charge in [-0.15, -0.1) is 0 Å². The molecule has 0 aliphatic carbocycles. The van der Waals surface area contributed by atoms with Gasteiger partial charge in [0.15, 0.2) is 0 Å². The molecule has 0 heterocycles. The number of nitrogens with zero attached hydrogens (tertiary/aromatic N) is 2. The highest BCUT2D eigenvalue weighted by molar-refractivity contribution is 7.92.